The van der Waals surface area contributed by atoms with Gasteiger partial charge in [0, 0.05) is 20.2 Å². The van der Waals surface area contributed by atoms with Gasteiger partial charge in [0.1, 0.15) is 0 Å². The Kier molecular flexibility index (Phi) is 4.99. The Morgan fingerprint density at radius 2 is 2.00 bits per heavy atom. The zero-order chi connectivity index (χ0) is 19.0. The molecule has 0 saturated carbocycles. The smallest absolute Gasteiger partial charge is 0.332 e. The molecule has 0 unspecified atom stereocenters. The predicted molar refractivity (Wildman–Crippen MR) is 101 cm³/mol. The second-order valence-electron chi connectivity index (χ2n) is 6.98. The molecule has 9 nitrogen and oxygen atoms in total. The number of hydrogen-bond acceptors (Lipinski definition) is 6. The summed E-state index contributed by atoms with van der Waals surface area (Å²) in [5, 5.41) is 6.27. The van der Waals surface area contributed by atoms with Crippen molar-refractivity contribution in [3.05, 3.63) is 20.8 Å². The van der Waals surface area contributed by atoms with Crippen molar-refractivity contribution in [2.24, 2.45) is 18.1 Å². The Morgan fingerprint density at radius 3 is 2.65 bits per heavy atom. The molecule has 0 amide bonds. The standard InChI is InChI=1S/C17H26N6O3/c1-6-26-8-7-23-16-18-14-13(21(16)10-12(4)19-23)15(24)22(9-11(2)3)17(25)20(14)5/h11H,6-10H2,1-5H3. The fraction of sp³-hybridized carbons (Fsp3) is 0.647. The Hall–Kier alpha value is -2.42. The van der Waals surface area contributed by atoms with Crippen molar-refractivity contribution in [3.63, 3.8) is 0 Å². The average Bonchev–Trinajstić information content (AvgIpc) is 2.96. The first-order valence-electron chi connectivity index (χ1n) is 8.94. The van der Waals surface area contributed by atoms with E-state index in [2.05, 4.69) is 10.1 Å². The fourth-order valence-corrected chi connectivity index (χ4v) is 3.19. The number of fused-ring (bicyclic) bond motifs is 3. The number of rotatable bonds is 6. The summed E-state index contributed by atoms with van der Waals surface area (Å²) in [6, 6.07) is 0. The molecule has 1 aliphatic heterocycles. The highest BCUT2D eigenvalue weighted by Crippen LogP contribution is 2.23. The third-order valence-corrected chi connectivity index (χ3v) is 4.32. The lowest BCUT2D eigenvalue weighted by Crippen LogP contribution is -2.41. The van der Waals surface area contributed by atoms with E-state index in [4.69, 9.17) is 4.74 Å². The molecule has 0 saturated heterocycles. The molecule has 9 heteroatoms. The van der Waals surface area contributed by atoms with Crippen molar-refractivity contribution in [1.82, 2.24) is 18.7 Å². The Balaban J connectivity index is 2.19. The number of aromatic nitrogens is 4. The molecular formula is C17H26N6O3. The van der Waals surface area contributed by atoms with Gasteiger partial charge in [-0.15, -0.1) is 0 Å². The van der Waals surface area contributed by atoms with E-state index in [0.29, 0.717) is 50.0 Å². The minimum absolute atomic E-state index is 0.188. The quantitative estimate of drug-likeness (QED) is 0.709. The summed E-state index contributed by atoms with van der Waals surface area (Å²) in [6.45, 7) is 10.3. The predicted octanol–water partition coefficient (Wildman–Crippen LogP) is 0.785. The number of nitrogens with zero attached hydrogens (tertiary/aromatic N) is 6. The summed E-state index contributed by atoms with van der Waals surface area (Å²) >= 11 is 0. The summed E-state index contributed by atoms with van der Waals surface area (Å²) < 4.78 is 10.0. The fourth-order valence-electron chi connectivity index (χ4n) is 3.19. The summed E-state index contributed by atoms with van der Waals surface area (Å²) in [5.74, 6) is 0.757. The van der Waals surface area contributed by atoms with Gasteiger partial charge in [-0.05, 0) is 19.8 Å². The summed E-state index contributed by atoms with van der Waals surface area (Å²) in [6.07, 6.45) is 0. The average molecular weight is 362 g/mol. The molecule has 3 rings (SSSR count). The lowest BCUT2D eigenvalue weighted by Gasteiger charge is -2.24. The molecule has 3 heterocycles. The van der Waals surface area contributed by atoms with Crippen LogP contribution < -0.4 is 16.3 Å². The van der Waals surface area contributed by atoms with E-state index in [1.807, 2.05) is 32.3 Å². The SMILES string of the molecule is CCOCCN1N=C(C)Cn2c1nc1c2c(=O)n(CC(C)C)c(=O)n1C. The van der Waals surface area contributed by atoms with Crippen LogP contribution in [0.2, 0.25) is 0 Å². The molecule has 0 fully saturated rings. The van der Waals surface area contributed by atoms with Crippen LogP contribution in [0, 0.1) is 5.92 Å². The van der Waals surface area contributed by atoms with Crippen LogP contribution in [-0.4, -0.2) is 44.2 Å². The second-order valence-corrected chi connectivity index (χ2v) is 6.98. The minimum atomic E-state index is -0.342. The molecule has 0 spiro atoms. The van der Waals surface area contributed by atoms with Crippen molar-refractivity contribution in [3.8, 4) is 0 Å². The number of hydrazone groups is 1. The maximum absolute atomic E-state index is 13.0. The van der Waals surface area contributed by atoms with Gasteiger partial charge in [-0.3, -0.25) is 18.5 Å². The van der Waals surface area contributed by atoms with Crippen LogP contribution in [0.5, 0.6) is 0 Å². The second kappa shape index (κ2) is 7.06. The van der Waals surface area contributed by atoms with Crippen LogP contribution in [0.1, 0.15) is 27.7 Å². The Labute approximate surface area is 151 Å². The number of hydrogen-bond donors (Lipinski definition) is 0. The van der Waals surface area contributed by atoms with Gasteiger partial charge in [0.25, 0.3) is 5.56 Å². The molecular weight excluding hydrogens is 336 g/mol. The molecule has 2 aromatic heterocycles. The van der Waals surface area contributed by atoms with E-state index in [9.17, 15) is 9.59 Å². The topological polar surface area (TPSA) is 86.7 Å². The van der Waals surface area contributed by atoms with Crippen LogP contribution in [0.3, 0.4) is 0 Å². The Bertz CT molecular complexity index is 966. The largest absolute Gasteiger partial charge is 0.380 e. The normalized spacial score (nSPS) is 14.2. The molecule has 142 valence electrons. The van der Waals surface area contributed by atoms with E-state index >= 15 is 0 Å². The lowest BCUT2D eigenvalue weighted by atomic mass is 10.2. The van der Waals surface area contributed by atoms with E-state index < -0.39 is 0 Å². The van der Waals surface area contributed by atoms with Crippen LogP contribution in [0.4, 0.5) is 5.95 Å². The van der Waals surface area contributed by atoms with Crippen molar-refractivity contribution in [1.29, 1.82) is 0 Å². The molecule has 0 aliphatic carbocycles. The Morgan fingerprint density at radius 1 is 1.27 bits per heavy atom. The molecule has 0 radical (unpaired) electrons. The van der Waals surface area contributed by atoms with Gasteiger partial charge < -0.3 is 4.74 Å². The first-order chi connectivity index (χ1) is 12.3. The van der Waals surface area contributed by atoms with Crippen LogP contribution in [-0.2, 0) is 24.9 Å². The molecule has 1 aliphatic rings. The van der Waals surface area contributed by atoms with E-state index in [0.717, 1.165) is 5.71 Å². The van der Waals surface area contributed by atoms with Crippen LogP contribution in [0.15, 0.2) is 14.7 Å². The number of anilines is 1. The van der Waals surface area contributed by atoms with Crippen molar-refractivity contribution in [2.45, 2.75) is 40.8 Å². The number of aryl methyl sites for hydroxylation is 1. The molecule has 0 N–H and O–H groups in total. The van der Waals surface area contributed by atoms with Crippen molar-refractivity contribution < 1.29 is 4.74 Å². The van der Waals surface area contributed by atoms with Gasteiger partial charge in [-0.25, -0.2) is 9.80 Å². The first-order valence-corrected chi connectivity index (χ1v) is 8.94. The highest BCUT2D eigenvalue weighted by atomic mass is 16.5. The van der Waals surface area contributed by atoms with Crippen molar-refractivity contribution >= 4 is 22.8 Å². The van der Waals surface area contributed by atoms with Gasteiger partial charge in [0.05, 0.1) is 25.4 Å². The molecule has 0 atom stereocenters. The summed E-state index contributed by atoms with van der Waals surface area (Å²) in [7, 11) is 1.65. The van der Waals surface area contributed by atoms with Gasteiger partial charge in [-0.1, -0.05) is 13.8 Å². The van der Waals surface area contributed by atoms with E-state index in [-0.39, 0.29) is 17.2 Å². The van der Waals surface area contributed by atoms with Gasteiger partial charge >= 0.3 is 5.69 Å². The van der Waals surface area contributed by atoms with Gasteiger partial charge in [0.15, 0.2) is 11.2 Å². The highest BCUT2D eigenvalue weighted by molar-refractivity contribution is 5.87. The maximum atomic E-state index is 13.0. The number of imidazole rings is 1. The zero-order valence-electron chi connectivity index (χ0n) is 16.0. The highest BCUT2D eigenvalue weighted by Gasteiger charge is 2.26. The van der Waals surface area contributed by atoms with Gasteiger partial charge in [-0.2, -0.15) is 10.1 Å². The monoisotopic (exact) mass is 362 g/mol. The third-order valence-electron chi connectivity index (χ3n) is 4.32. The summed E-state index contributed by atoms with van der Waals surface area (Å²) in [4.78, 5) is 30.2. The van der Waals surface area contributed by atoms with Crippen LogP contribution >= 0.6 is 0 Å². The third kappa shape index (κ3) is 3.07. The van der Waals surface area contributed by atoms with E-state index in [1.54, 1.807) is 12.1 Å². The zero-order valence-corrected chi connectivity index (χ0v) is 16.0. The van der Waals surface area contributed by atoms with Crippen molar-refractivity contribution in [2.75, 3.05) is 24.8 Å². The van der Waals surface area contributed by atoms with Crippen LogP contribution in [0.25, 0.3) is 11.2 Å². The number of ether oxygens (including phenoxy) is 1. The molecule has 0 bridgehead atoms. The maximum Gasteiger partial charge on any atom is 0.332 e. The molecule has 26 heavy (non-hydrogen) atoms. The minimum Gasteiger partial charge on any atom is -0.380 e. The van der Waals surface area contributed by atoms with E-state index in [1.165, 1.54) is 9.13 Å². The lowest BCUT2D eigenvalue weighted by molar-refractivity contribution is 0.153. The summed E-state index contributed by atoms with van der Waals surface area (Å²) in [5.41, 5.74) is 1.07. The molecule has 2 aromatic rings. The van der Waals surface area contributed by atoms with Gasteiger partial charge in [0.2, 0.25) is 5.95 Å². The first kappa shape index (κ1) is 18.4. The molecule has 0 aromatic carbocycles.